The van der Waals surface area contributed by atoms with Crippen LogP contribution in [0.15, 0.2) is 67.7 Å². The normalized spacial score (nSPS) is 10.9. The van der Waals surface area contributed by atoms with Gasteiger partial charge in [0.1, 0.15) is 0 Å². The van der Waals surface area contributed by atoms with Crippen molar-refractivity contribution in [2.45, 2.75) is 0 Å². The highest BCUT2D eigenvalue weighted by atomic mass is 79.9. The molecule has 0 aliphatic heterocycles. The highest BCUT2D eigenvalue weighted by Crippen LogP contribution is 2.12. The summed E-state index contributed by atoms with van der Waals surface area (Å²) in [6, 6.07) is 13.8. The third kappa shape index (κ3) is 5.71. The van der Waals surface area contributed by atoms with Gasteiger partial charge in [0.05, 0.1) is 12.4 Å². The van der Waals surface area contributed by atoms with Crippen LogP contribution < -0.4 is 10.9 Å². The molecule has 2 rings (SSSR count). The Morgan fingerprint density at radius 1 is 0.792 bits per heavy atom. The van der Waals surface area contributed by atoms with Gasteiger partial charge < -0.3 is 0 Å². The maximum Gasteiger partial charge on any atom is 0.271 e. The molecule has 0 unspecified atom stereocenters. The first-order valence-electron chi connectivity index (χ1n) is 6.73. The number of nitrogens with zero attached hydrogens (tertiary/aromatic N) is 2. The van der Waals surface area contributed by atoms with Gasteiger partial charge in [-0.2, -0.15) is 10.2 Å². The van der Waals surface area contributed by atoms with E-state index >= 15 is 0 Å². The molecule has 0 aromatic heterocycles. The Morgan fingerprint density at radius 2 is 1.21 bits per heavy atom. The molecule has 0 fully saturated rings. The van der Waals surface area contributed by atoms with Crippen LogP contribution in [0.5, 0.6) is 0 Å². The predicted octanol–water partition coefficient (Wildman–Crippen LogP) is 3.34. The van der Waals surface area contributed by atoms with Crippen LogP contribution in [-0.2, 0) is 0 Å². The maximum atomic E-state index is 11.8. The summed E-state index contributed by atoms with van der Waals surface area (Å²) in [5, 5.41) is 7.43. The molecule has 6 nitrogen and oxygen atoms in total. The number of hydrogen-bond donors (Lipinski definition) is 2. The number of rotatable bonds is 5. The molecule has 0 atom stereocenters. The molecule has 0 aliphatic carbocycles. The molecule has 2 aromatic rings. The van der Waals surface area contributed by atoms with Gasteiger partial charge in [0, 0.05) is 20.1 Å². The average molecular weight is 452 g/mol. The summed E-state index contributed by atoms with van der Waals surface area (Å²) in [5.74, 6) is -0.696. The fourth-order valence-electron chi connectivity index (χ4n) is 1.65. The van der Waals surface area contributed by atoms with Crippen molar-refractivity contribution in [3.05, 3.63) is 68.6 Å². The molecule has 0 saturated heterocycles. The number of halogens is 2. The van der Waals surface area contributed by atoms with Crippen molar-refractivity contribution in [3.8, 4) is 0 Å². The second-order valence-corrected chi connectivity index (χ2v) is 6.29. The van der Waals surface area contributed by atoms with E-state index < -0.39 is 0 Å². The molecule has 0 heterocycles. The molecule has 2 amide bonds. The minimum atomic E-state index is -0.348. The Morgan fingerprint density at radius 3 is 1.58 bits per heavy atom. The van der Waals surface area contributed by atoms with E-state index in [1.165, 1.54) is 12.4 Å². The molecule has 2 aromatic carbocycles. The van der Waals surface area contributed by atoms with Gasteiger partial charge in [0.15, 0.2) is 0 Å². The Kier molecular flexibility index (Phi) is 6.83. The van der Waals surface area contributed by atoms with E-state index in [-0.39, 0.29) is 11.8 Å². The largest absolute Gasteiger partial charge is 0.271 e. The van der Waals surface area contributed by atoms with Gasteiger partial charge in [-0.15, -0.1) is 0 Å². The van der Waals surface area contributed by atoms with Crippen LogP contribution in [-0.4, -0.2) is 24.2 Å². The van der Waals surface area contributed by atoms with Crippen LogP contribution in [0.3, 0.4) is 0 Å². The van der Waals surface area contributed by atoms with Crippen LogP contribution in [0, 0.1) is 0 Å². The lowest BCUT2D eigenvalue weighted by Gasteiger charge is -2.00. The average Bonchev–Trinajstić information content (AvgIpc) is 2.57. The first-order chi connectivity index (χ1) is 11.6. The zero-order chi connectivity index (χ0) is 17.4. The molecule has 2 N–H and O–H groups in total. The molecule has 24 heavy (non-hydrogen) atoms. The maximum absolute atomic E-state index is 11.8. The summed E-state index contributed by atoms with van der Waals surface area (Å²) in [6.07, 6.45) is 2.52. The Hall–Kier alpha value is -2.32. The van der Waals surface area contributed by atoms with Crippen molar-refractivity contribution >= 4 is 56.1 Å². The molecule has 122 valence electrons. The number of carbonyl (C=O) groups excluding carboxylic acids is 2. The molecule has 0 saturated carbocycles. The zero-order valence-corrected chi connectivity index (χ0v) is 15.4. The van der Waals surface area contributed by atoms with Crippen molar-refractivity contribution in [3.63, 3.8) is 0 Å². The fraction of sp³-hybridized carbons (Fsp3) is 0. The monoisotopic (exact) mass is 450 g/mol. The summed E-state index contributed by atoms with van der Waals surface area (Å²) < 4.78 is 1.60. The van der Waals surface area contributed by atoms with Crippen LogP contribution in [0.4, 0.5) is 0 Å². The zero-order valence-electron chi connectivity index (χ0n) is 12.2. The number of nitrogens with one attached hydrogen (secondary N) is 2. The summed E-state index contributed by atoms with van der Waals surface area (Å²) in [4.78, 5) is 23.6. The Balaban J connectivity index is 1.80. The number of amides is 2. The summed E-state index contributed by atoms with van der Waals surface area (Å²) >= 11 is 6.57. The van der Waals surface area contributed by atoms with E-state index in [0.717, 1.165) is 8.95 Å². The van der Waals surface area contributed by atoms with Crippen molar-refractivity contribution in [1.29, 1.82) is 0 Å². The highest BCUT2D eigenvalue weighted by Gasteiger charge is 2.04. The van der Waals surface area contributed by atoms with Crippen molar-refractivity contribution < 1.29 is 9.59 Å². The minimum Gasteiger partial charge on any atom is -0.267 e. The number of hydrogen-bond acceptors (Lipinski definition) is 4. The third-order valence-corrected chi connectivity index (χ3v) is 3.71. The number of hydrazone groups is 2. The smallest absolute Gasteiger partial charge is 0.267 e. The van der Waals surface area contributed by atoms with Crippen LogP contribution in [0.2, 0.25) is 0 Å². The van der Waals surface area contributed by atoms with E-state index in [2.05, 4.69) is 52.9 Å². The lowest BCUT2D eigenvalue weighted by atomic mass is 10.2. The highest BCUT2D eigenvalue weighted by molar-refractivity contribution is 9.10. The van der Waals surface area contributed by atoms with E-state index in [0.29, 0.717) is 11.1 Å². The lowest BCUT2D eigenvalue weighted by molar-refractivity contribution is 0.0946. The number of benzene rings is 2. The fourth-order valence-corrected chi connectivity index (χ4v) is 2.45. The Labute approximate surface area is 155 Å². The molecular weight excluding hydrogens is 440 g/mol. The molecule has 8 heteroatoms. The second-order valence-electron chi connectivity index (χ2n) is 4.46. The molecule has 0 aliphatic rings. The van der Waals surface area contributed by atoms with Crippen molar-refractivity contribution in [2.24, 2.45) is 10.2 Å². The van der Waals surface area contributed by atoms with Gasteiger partial charge in [-0.3, -0.25) is 9.59 Å². The summed E-state index contributed by atoms with van der Waals surface area (Å²) in [6.45, 7) is 0. The first kappa shape index (κ1) is 18.0. The number of carbonyl (C=O) groups is 2. The van der Waals surface area contributed by atoms with E-state index in [1.54, 1.807) is 36.4 Å². The van der Waals surface area contributed by atoms with Crippen LogP contribution >= 0.6 is 31.9 Å². The Bertz CT molecular complexity index is 739. The van der Waals surface area contributed by atoms with Gasteiger partial charge in [-0.25, -0.2) is 10.9 Å². The van der Waals surface area contributed by atoms with Crippen molar-refractivity contribution in [2.75, 3.05) is 0 Å². The lowest BCUT2D eigenvalue weighted by Crippen LogP contribution is -2.19. The summed E-state index contributed by atoms with van der Waals surface area (Å²) in [7, 11) is 0. The van der Waals surface area contributed by atoms with Gasteiger partial charge in [0.25, 0.3) is 11.8 Å². The molecule has 0 spiro atoms. The van der Waals surface area contributed by atoms with Gasteiger partial charge in [0.2, 0.25) is 0 Å². The predicted molar refractivity (Wildman–Crippen MR) is 100 cm³/mol. The molecule has 0 radical (unpaired) electrons. The first-order valence-corrected chi connectivity index (χ1v) is 8.31. The standard InChI is InChI=1S/C16H12Br2N4O2/c17-13-5-1-3-11(9-13)15(23)21-19-7-8-20-22-16(24)12-4-2-6-14(18)10-12/h1-10H,(H,21,23)(H,22,24). The van der Waals surface area contributed by atoms with Gasteiger partial charge in [-0.1, -0.05) is 44.0 Å². The minimum absolute atomic E-state index is 0.348. The van der Waals surface area contributed by atoms with Crippen LogP contribution in [0.25, 0.3) is 0 Å². The van der Waals surface area contributed by atoms with E-state index in [1.807, 2.05) is 12.1 Å². The van der Waals surface area contributed by atoms with E-state index in [9.17, 15) is 9.59 Å². The SMILES string of the molecule is O=C(NN=CC=NNC(=O)c1cccc(Br)c1)c1cccc(Br)c1. The third-order valence-electron chi connectivity index (χ3n) is 2.72. The van der Waals surface area contributed by atoms with E-state index in [4.69, 9.17) is 0 Å². The summed E-state index contributed by atoms with van der Waals surface area (Å²) in [5.41, 5.74) is 5.65. The second kappa shape index (κ2) is 9.09. The van der Waals surface area contributed by atoms with Crippen molar-refractivity contribution in [1.82, 2.24) is 10.9 Å². The molecular formula is C16H12Br2N4O2. The van der Waals surface area contributed by atoms with Gasteiger partial charge >= 0.3 is 0 Å². The molecule has 0 bridgehead atoms. The quantitative estimate of drug-likeness (QED) is 0.539. The van der Waals surface area contributed by atoms with Gasteiger partial charge in [-0.05, 0) is 36.4 Å². The topological polar surface area (TPSA) is 82.9 Å². The van der Waals surface area contributed by atoms with Crippen LogP contribution in [0.1, 0.15) is 20.7 Å².